The van der Waals surface area contributed by atoms with Gasteiger partial charge in [0.25, 0.3) is 0 Å². The Morgan fingerprint density at radius 3 is 2.81 bits per heavy atom. The van der Waals surface area contributed by atoms with Crippen LogP contribution in [0.2, 0.25) is 0 Å². The van der Waals surface area contributed by atoms with E-state index in [0.29, 0.717) is 0 Å². The fourth-order valence-electron chi connectivity index (χ4n) is 1.70. The maximum atomic E-state index is 4.17. The molecule has 0 atom stereocenters. The van der Waals surface area contributed by atoms with E-state index in [1.807, 2.05) is 12.1 Å². The first-order valence-electron chi connectivity index (χ1n) is 5.60. The number of aromatic nitrogens is 3. The summed E-state index contributed by atoms with van der Waals surface area (Å²) in [7, 11) is 0. The second kappa shape index (κ2) is 4.22. The third-order valence-corrected chi connectivity index (χ3v) is 2.48. The first-order chi connectivity index (χ1) is 7.56. The van der Waals surface area contributed by atoms with Crippen LogP contribution in [-0.2, 0) is 6.42 Å². The molecule has 0 saturated carbocycles. The van der Waals surface area contributed by atoms with Crippen LogP contribution in [0.5, 0.6) is 0 Å². The Morgan fingerprint density at radius 2 is 2.06 bits per heavy atom. The molecule has 0 radical (unpaired) electrons. The van der Waals surface area contributed by atoms with Gasteiger partial charge in [0, 0.05) is 5.54 Å². The molecule has 2 rings (SSSR count). The maximum Gasteiger partial charge on any atom is 0.116 e. The predicted molar refractivity (Wildman–Crippen MR) is 65.3 cm³/mol. The van der Waals surface area contributed by atoms with Gasteiger partial charge in [-0.2, -0.15) is 15.4 Å². The molecule has 0 amide bonds. The number of hydrogen-bond donors (Lipinski definition) is 2. The van der Waals surface area contributed by atoms with Crippen molar-refractivity contribution in [2.45, 2.75) is 32.7 Å². The highest BCUT2D eigenvalue weighted by atomic mass is 15.3. The second-order valence-corrected chi connectivity index (χ2v) is 5.04. The number of rotatable bonds is 3. The summed E-state index contributed by atoms with van der Waals surface area (Å²) in [6.07, 6.45) is 0.973. The highest BCUT2D eigenvalue weighted by molar-refractivity contribution is 5.77. The maximum absolute atomic E-state index is 4.17. The third kappa shape index (κ3) is 2.58. The van der Waals surface area contributed by atoms with Crippen LogP contribution in [0.3, 0.4) is 0 Å². The molecule has 16 heavy (non-hydrogen) atoms. The number of fused-ring (bicyclic) bond motifs is 1. The van der Waals surface area contributed by atoms with E-state index >= 15 is 0 Å². The minimum absolute atomic E-state index is 0.164. The van der Waals surface area contributed by atoms with Crippen LogP contribution in [0.4, 0.5) is 0 Å². The van der Waals surface area contributed by atoms with Crippen molar-refractivity contribution < 1.29 is 0 Å². The van der Waals surface area contributed by atoms with Gasteiger partial charge in [-0.05, 0) is 45.4 Å². The molecule has 2 aromatic rings. The summed E-state index contributed by atoms with van der Waals surface area (Å²) in [5.41, 5.74) is 3.33. The summed E-state index contributed by atoms with van der Waals surface area (Å²) in [5, 5.41) is 14.4. The van der Waals surface area contributed by atoms with Crippen molar-refractivity contribution in [1.82, 2.24) is 20.7 Å². The van der Waals surface area contributed by atoms with Crippen LogP contribution in [-0.4, -0.2) is 27.5 Å². The fourth-order valence-corrected chi connectivity index (χ4v) is 1.70. The zero-order valence-corrected chi connectivity index (χ0v) is 10.0. The normalized spacial score (nSPS) is 12.2. The summed E-state index contributed by atoms with van der Waals surface area (Å²) in [6.45, 7) is 7.46. The minimum atomic E-state index is 0.164. The topological polar surface area (TPSA) is 53.6 Å². The first kappa shape index (κ1) is 11.1. The van der Waals surface area contributed by atoms with E-state index in [0.717, 1.165) is 24.0 Å². The molecule has 0 saturated heterocycles. The van der Waals surface area contributed by atoms with Crippen LogP contribution < -0.4 is 5.32 Å². The summed E-state index contributed by atoms with van der Waals surface area (Å²) < 4.78 is 0. The monoisotopic (exact) mass is 218 g/mol. The Balaban J connectivity index is 2.07. The summed E-state index contributed by atoms with van der Waals surface area (Å²) in [5.74, 6) is 0. The van der Waals surface area contributed by atoms with Gasteiger partial charge in [-0.1, -0.05) is 12.1 Å². The lowest BCUT2D eigenvalue weighted by Crippen LogP contribution is -2.37. The molecule has 4 heteroatoms. The Labute approximate surface area is 95.4 Å². The van der Waals surface area contributed by atoms with Crippen molar-refractivity contribution in [3.05, 3.63) is 23.8 Å². The lowest BCUT2D eigenvalue weighted by atomic mass is 10.1. The largest absolute Gasteiger partial charge is 0.312 e. The predicted octanol–water partition coefficient (Wildman–Crippen LogP) is 1.89. The molecule has 2 N–H and O–H groups in total. The van der Waals surface area contributed by atoms with E-state index in [1.165, 1.54) is 5.56 Å². The van der Waals surface area contributed by atoms with Crippen LogP contribution in [0.25, 0.3) is 11.0 Å². The molecule has 1 aromatic carbocycles. The minimum Gasteiger partial charge on any atom is -0.312 e. The molecule has 1 heterocycles. The summed E-state index contributed by atoms with van der Waals surface area (Å²) in [6, 6.07) is 6.10. The Hall–Kier alpha value is -1.42. The first-order valence-corrected chi connectivity index (χ1v) is 5.60. The van der Waals surface area contributed by atoms with E-state index in [2.05, 4.69) is 47.6 Å². The number of para-hydroxylation sites is 1. The Kier molecular flexibility index (Phi) is 2.92. The molecule has 0 aliphatic carbocycles. The molecule has 0 aliphatic heterocycles. The molecule has 0 unspecified atom stereocenters. The lowest BCUT2D eigenvalue weighted by Gasteiger charge is -2.20. The van der Waals surface area contributed by atoms with Gasteiger partial charge in [0.05, 0.1) is 0 Å². The van der Waals surface area contributed by atoms with Crippen LogP contribution >= 0.6 is 0 Å². The summed E-state index contributed by atoms with van der Waals surface area (Å²) >= 11 is 0. The van der Waals surface area contributed by atoms with Crippen molar-refractivity contribution in [2.75, 3.05) is 6.54 Å². The van der Waals surface area contributed by atoms with E-state index in [9.17, 15) is 0 Å². The summed E-state index contributed by atoms with van der Waals surface area (Å²) in [4.78, 5) is 0. The van der Waals surface area contributed by atoms with Crippen LogP contribution in [0.1, 0.15) is 26.3 Å². The molecular formula is C12H18N4. The third-order valence-electron chi connectivity index (χ3n) is 2.48. The van der Waals surface area contributed by atoms with E-state index < -0.39 is 0 Å². The average molecular weight is 218 g/mol. The number of H-pyrrole nitrogens is 1. The standard InChI is InChI=1S/C12H18N4/c1-12(2,3)13-8-7-9-5-4-6-10-11(9)15-16-14-10/h4-6,13H,7-8H2,1-3H3,(H,14,15,16). The molecule has 0 bridgehead atoms. The molecular weight excluding hydrogens is 200 g/mol. The smallest absolute Gasteiger partial charge is 0.116 e. The second-order valence-electron chi connectivity index (χ2n) is 5.04. The molecule has 0 aliphatic rings. The zero-order chi connectivity index (χ0) is 11.6. The molecule has 0 fully saturated rings. The van der Waals surface area contributed by atoms with E-state index in [1.54, 1.807) is 0 Å². The molecule has 1 aromatic heterocycles. The fraction of sp³-hybridized carbons (Fsp3) is 0.500. The average Bonchev–Trinajstić information content (AvgIpc) is 2.64. The highest BCUT2D eigenvalue weighted by Gasteiger charge is 2.09. The Morgan fingerprint density at radius 1 is 1.25 bits per heavy atom. The van der Waals surface area contributed by atoms with Gasteiger partial charge < -0.3 is 5.32 Å². The molecule has 86 valence electrons. The van der Waals surface area contributed by atoms with Gasteiger partial charge in [-0.3, -0.25) is 0 Å². The number of nitrogens with one attached hydrogen (secondary N) is 2. The number of hydrogen-bond acceptors (Lipinski definition) is 3. The SMILES string of the molecule is CC(C)(C)NCCc1cccc2n[nH]nc12. The van der Waals surface area contributed by atoms with Gasteiger partial charge in [0.15, 0.2) is 0 Å². The van der Waals surface area contributed by atoms with Crippen molar-refractivity contribution >= 4 is 11.0 Å². The number of benzene rings is 1. The van der Waals surface area contributed by atoms with Crippen molar-refractivity contribution in [2.24, 2.45) is 0 Å². The van der Waals surface area contributed by atoms with Gasteiger partial charge in [-0.25, -0.2) is 0 Å². The number of aromatic amines is 1. The van der Waals surface area contributed by atoms with Crippen molar-refractivity contribution in [3.8, 4) is 0 Å². The highest BCUT2D eigenvalue weighted by Crippen LogP contribution is 2.13. The van der Waals surface area contributed by atoms with Crippen molar-refractivity contribution in [1.29, 1.82) is 0 Å². The lowest BCUT2D eigenvalue weighted by molar-refractivity contribution is 0.430. The molecule has 4 nitrogen and oxygen atoms in total. The Bertz CT molecular complexity index is 467. The van der Waals surface area contributed by atoms with Crippen LogP contribution in [0.15, 0.2) is 18.2 Å². The quantitative estimate of drug-likeness (QED) is 0.827. The van der Waals surface area contributed by atoms with Gasteiger partial charge in [0.2, 0.25) is 0 Å². The number of nitrogens with zero attached hydrogens (tertiary/aromatic N) is 2. The van der Waals surface area contributed by atoms with E-state index in [4.69, 9.17) is 0 Å². The van der Waals surface area contributed by atoms with Gasteiger partial charge >= 0.3 is 0 Å². The zero-order valence-electron chi connectivity index (χ0n) is 10.0. The van der Waals surface area contributed by atoms with E-state index in [-0.39, 0.29) is 5.54 Å². The molecule has 0 spiro atoms. The van der Waals surface area contributed by atoms with Crippen molar-refractivity contribution in [3.63, 3.8) is 0 Å². The van der Waals surface area contributed by atoms with Crippen LogP contribution in [0, 0.1) is 0 Å². The van der Waals surface area contributed by atoms with Gasteiger partial charge in [0.1, 0.15) is 11.0 Å². The van der Waals surface area contributed by atoms with Gasteiger partial charge in [-0.15, -0.1) is 0 Å².